The van der Waals surface area contributed by atoms with Gasteiger partial charge in [-0.15, -0.1) is 0 Å². The fourth-order valence-electron chi connectivity index (χ4n) is 3.84. The molecule has 0 amide bonds. The van der Waals surface area contributed by atoms with E-state index >= 15 is 0 Å². The largest absolute Gasteiger partial charge is 0.497 e. The van der Waals surface area contributed by atoms with Crippen molar-refractivity contribution in [2.24, 2.45) is 4.99 Å². The van der Waals surface area contributed by atoms with E-state index < -0.39 is 0 Å². The van der Waals surface area contributed by atoms with Gasteiger partial charge in [-0.1, -0.05) is 18.6 Å². The normalized spacial score (nSPS) is 19.5. The molecule has 0 radical (unpaired) electrons. The minimum absolute atomic E-state index is 0.239. The fourth-order valence-corrected chi connectivity index (χ4v) is 3.84. The van der Waals surface area contributed by atoms with Crippen molar-refractivity contribution in [3.63, 3.8) is 0 Å². The predicted molar refractivity (Wildman–Crippen MR) is 118 cm³/mol. The van der Waals surface area contributed by atoms with E-state index in [0.29, 0.717) is 0 Å². The summed E-state index contributed by atoms with van der Waals surface area (Å²) in [6.45, 7) is 6.49. The van der Waals surface area contributed by atoms with E-state index in [-0.39, 0.29) is 6.04 Å². The van der Waals surface area contributed by atoms with Gasteiger partial charge < -0.3 is 25.2 Å². The van der Waals surface area contributed by atoms with Gasteiger partial charge in [0.2, 0.25) is 0 Å². The van der Waals surface area contributed by atoms with E-state index in [1.54, 1.807) is 7.11 Å². The average Bonchev–Trinajstić information content (AvgIpc) is 2.70. The number of piperidine rings is 1. The van der Waals surface area contributed by atoms with Gasteiger partial charge in [-0.05, 0) is 64.5 Å². The summed E-state index contributed by atoms with van der Waals surface area (Å²) in [5.74, 6) is 1.75. The first-order chi connectivity index (χ1) is 13.5. The number of hydrogen-bond acceptors (Lipinski definition) is 4. The van der Waals surface area contributed by atoms with Gasteiger partial charge in [0.05, 0.1) is 13.2 Å². The molecule has 0 saturated carbocycles. The molecule has 2 N–H and O–H groups in total. The van der Waals surface area contributed by atoms with Gasteiger partial charge >= 0.3 is 0 Å². The Labute approximate surface area is 171 Å². The third-order valence-electron chi connectivity index (χ3n) is 5.64. The Balaban J connectivity index is 1.79. The fraction of sp³-hybridized carbons (Fsp3) is 0.682. The molecule has 2 rings (SSSR count). The summed E-state index contributed by atoms with van der Waals surface area (Å²) in [6.07, 6.45) is 5.20. The van der Waals surface area contributed by atoms with E-state index in [4.69, 9.17) is 4.74 Å². The van der Waals surface area contributed by atoms with Crippen molar-refractivity contribution in [2.75, 3.05) is 54.4 Å². The molecule has 1 aromatic carbocycles. The summed E-state index contributed by atoms with van der Waals surface area (Å²) in [5.41, 5.74) is 1.23. The Morgan fingerprint density at radius 3 is 2.82 bits per heavy atom. The molecule has 1 aromatic rings. The number of likely N-dealkylation sites (N-methyl/N-ethyl adjacent to an activating group) is 1. The maximum Gasteiger partial charge on any atom is 0.191 e. The van der Waals surface area contributed by atoms with Crippen LogP contribution in [0.5, 0.6) is 5.75 Å². The number of rotatable bonds is 9. The van der Waals surface area contributed by atoms with Crippen molar-refractivity contribution in [3.05, 3.63) is 29.8 Å². The lowest BCUT2D eigenvalue weighted by molar-refractivity contribution is 0.159. The van der Waals surface area contributed by atoms with E-state index in [1.165, 1.54) is 31.4 Å². The Morgan fingerprint density at radius 2 is 2.14 bits per heavy atom. The van der Waals surface area contributed by atoms with Crippen LogP contribution >= 0.6 is 0 Å². The topological polar surface area (TPSA) is 52.1 Å². The summed E-state index contributed by atoms with van der Waals surface area (Å²) in [5, 5.41) is 6.94. The van der Waals surface area contributed by atoms with Crippen LogP contribution in [0.1, 0.15) is 44.2 Å². The minimum Gasteiger partial charge on any atom is -0.497 e. The predicted octanol–water partition coefficient (Wildman–Crippen LogP) is 2.73. The maximum absolute atomic E-state index is 5.38. The first-order valence-electron chi connectivity index (χ1n) is 10.5. The number of nitrogens with one attached hydrogen (secondary N) is 2. The first-order valence-corrected chi connectivity index (χ1v) is 10.5. The van der Waals surface area contributed by atoms with Crippen LogP contribution in [0.2, 0.25) is 0 Å². The number of aliphatic imine (C=N–C) groups is 1. The van der Waals surface area contributed by atoms with Crippen LogP contribution in [0.3, 0.4) is 0 Å². The standard InChI is InChI=1S/C22H39N5O/c1-18-10-6-7-14-27(18)15-9-13-24-22(23-2)25-17-21(26(3)4)19-11-8-12-20(16-19)28-5/h8,11-12,16,18,21H,6-7,9-10,13-15,17H2,1-5H3,(H2,23,24,25). The van der Waals surface area contributed by atoms with Crippen molar-refractivity contribution in [1.29, 1.82) is 0 Å². The molecule has 1 aliphatic heterocycles. The molecule has 0 spiro atoms. The van der Waals surface area contributed by atoms with Crippen LogP contribution in [0.25, 0.3) is 0 Å². The third-order valence-corrected chi connectivity index (χ3v) is 5.64. The van der Waals surface area contributed by atoms with E-state index in [9.17, 15) is 0 Å². The number of likely N-dealkylation sites (tertiary alicyclic amines) is 1. The molecule has 2 unspecified atom stereocenters. The highest BCUT2D eigenvalue weighted by Crippen LogP contribution is 2.22. The zero-order valence-corrected chi connectivity index (χ0v) is 18.4. The highest BCUT2D eigenvalue weighted by atomic mass is 16.5. The average molecular weight is 390 g/mol. The second kappa shape index (κ2) is 11.9. The van der Waals surface area contributed by atoms with Crippen molar-refractivity contribution >= 4 is 5.96 Å². The van der Waals surface area contributed by atoms with Gasteiger partial charge in [0.15, 0.2) is 5.96 Å². The molecule has 0 bridgehead atoms. The smallest absolute Gasteiger partial charge is 0.191 e. The minimum atomic E-state index is 0.239. The van der Waals surface area contributed by atoms with Crippen molar-refractivity contribution in [2.45, 2.75) is 44.7 Å². The van der Waals surface area contributed by atoms with Crippen LogP contribution in [-0.2, 0) is 0 Å². The lowest BCUT2D eigenvalue weighted by Gasteiger charge is -2.33. The molecular weight excluding hydrogens is 350 g/mol. The van der Waals surface area contributed by atoms with Crippen LogP contribution in [0.4, 0.5) is 0 Å². The van der Waals surface area contributed by atoms with Gasteiger partial charge in [0.25, 0.3) is 0 Å². The molecule has 1 saturated heterocycles. The van der Waals surface area contributed by atoms with Crippen LogP contribution in [0.15, 0.2) is 29.3 Å². The zero-order chi connectivity index (χ0) is 20.4. The molecule has 0 aromatic heterocycles. The molecule has 28 heavy (non-hydrogen) atoms. The van der Waals surface area contributed by atoms with Crippen molar-refractivity contribution in [3.8, 4) is 5.75 Å². The summed E-state index contributed by atoms with van der Waals surface area (Å²) in [7, 11) is 7.74. The second-order valence-electron chi connectivity index (χ2n) is 7.87. The summed E-state index contributed by atoms with van der Waals surface area (Å²) >= 11 is 0. The van der Waals surface area contributed by atoms with E-state index in [0.717, 1.165) is 43.8 Å². The Morgan fingerprint density at radius 1 is 1.32 bits per heavy atom. The molecule has 1 fully saturated rings. The molecule has 2 atom stereocenters. The zero-order valence-electron chi connectivity index (χ0n) is 18.4. The van der Waals surface area contributed by atoms with Crippen LogP contribution in [0, 0.1) is 0 Å². The summed E-state index contributed by atoms with van der Waals surface area (Å²) in [6, 6.07) is 9.23. The molecule has 6 heteroatoms. The molecule has 6 nitrogen and oxygen atoms in total. The summed E-state index contributed by atoms with van der Waals surface area (Å²) in [4.78, 5) is 9.22. The van der Waals surface area contributed by atoms with Gasteiger partial charge in [-0.3, -0.25) is 4.99 Å². The van der Waals surface area contributed by atoms with Gasteiger partial charge in [-0.2, -0.15) is 0 Å². The molecule has 0 aliphatic carbocycles. The van der Waals surface area contributed by atoms with Crippen molar-refractivity contribution in [1.82, 2.24) is 20.4 Å². The SMILES string of the molecule is CN=C(NCCCN1CCCCC1C)NCC(c1cccc(OC)c1)N(C)C. The third kappa shape index (κ3) is 6.99. The number of benzene rings is 1. The number of methoxy groups -OCH3 is 1. The van der Waals surface area contributed by atoms with E-state index in [2.05, 4.69) is 58.6 Å². The first kappa shape index (κ1) is 22.5. The van der Waals surface area contributed by atoms with Crippen LogP contribution in [-0.4, -0.2) is 76.2 Å². The lowest BCUT2D eigenvalue weighted by atomic mass is 10.0. The highest BCUT2D eigenvalue weighted by Gasteiger charge is 2.18. The number of nitrogens with zero attached hydrogens (tertiary/aromatic N) is 3. The lowest BCUT2D eigenvalue weighted by Crippen LogP contribution is -2.43. The van der Waals surface area contributed by atoms with Gasteiger partial charge in [-0.25, -0.2) is 0 Å². The molecule has 1 heterocycles. The van der Waals surface area contributed by atoms with Crippen LogP contribution < -0.4 is 15.4 Å². The Hall–Kier alpha value is -1.79. The number of ether oxygens (including phenoxy) is 1. The Kier molecular flexibility index (Phi) is 9.58. The number of hydrogen-bond donors (Lipinski definition) is 2. The Bertz CT molecular complexity index is 604. The van der Waals surface area contributed by atoms with Gasteiger partial charge in [0, 0.05) is 32.7 Å². The molecular formula is C22H39N5O. The summed E-state index contributed by atoms with van der Waals surface area (Å²) < 4.78 is 5.38. The van der Waals surface area contributed by atoms with E-state index in [1.807, 2.05) is 19.2 Å². The van der Waals surface area contributed by atoms with Crippen molar-refractivity contribution < 1.29 is 4.74 Å². The second-order valence-corrected chi connectivity index (χ2v) is 7.87. The monoisotopic (exact) mass is 389 g/mol. The molecule has 1 aliphatic rings. The highest BCUT2D eigenvalue weighted by molar-refractivity contribution is 5.79. The molecule has 158 valence electrons. The maximum atomic E-state index is 5.38. The number of guanidine groups is 1. The van der Waals surface area contributed by atoms with Gasteiger partial charge in [0.1, 0.15) is 5.75 Å². The quantitative estimate of drug-likeness (QED) is 0.386.